The van der Waals surface area contributed by atoms with Gasteiger partial charge in [-0.1, -0.05) is 103 Å². The number of allylic oxidation sites excluding steroid dienone is 1. The molecule has 0 saturated heterocycles. The van der Waals surface area contributed by atoms with Crippen molar-refractivity contribution in [1.82, 2.24) is 0 Å². The van der Waals surface area contributed by atoms with E-state index in [0.29, 0.717) is 11.1 Å². The monoisotopic (exact) mass is 501 g/mol. The van der Waals surface area contributed by atoms with Gasteiger partial charge in [0, 0.05) is 33.3 Å². The highest BCUT2D eigenvalue weighted by atomic mass is 16.2. The van der Waals surface area contributed by atoms with Crippen molar-refractivity contribution in [2.24, 2.45) is 0 Å². The summed E-state index contributed by atoms with van der Waals surface area (Å²) < 4.78 is 0. The Hall–Kier alpha value is -5.28. The van der Waals surface area contributed by atoms with Crippen molar-refractivity contribution in [3.63, 3.8) is 0 Å². The van der Waals surface area contributed by atoms with Gasteiger partial charge in [0.2, 0.25) is 0 Å². The lowest BCUT2D eigenvalue weighted by atomic mass is 9.99. The second-order valence-corrected chi connectivity index (χ2v) is 9.69. The molecule has 0 radical (unpaired) electrons. The van der Waals surface area contributed by atoms with Gasteiger partial charge < -0.3 is 4.90 Å². The van der Waals surface area contributed by atoms with Crippen molar-refractivity contribution in [3.8, 4) is 0 Å². The van der Waals surface area contributed by atoms with E-state index < -0.39 is 0 Å². The van der Waals surface area contributed by atoms with Gasteiger partial charge in [-0.25, -0.2) is 0 Å². The van der Waals surface area contributed by atoms with Gasteiger partial charge in [-0.2, -0.15) is 0 Å². The molecule has 0 unspecified atom stereocenters. The molecule has 0 heterocycles. The number of fused-ring (bicyclic) bond motifs is 3. The van der Waals surface area contributed by atoms with Crippen molar-refractivity contribution in [2.75, 3.05) is 4.90 Å². The Kier molecular flexibility index (Phi) is 5.42. The van der Waals surface area contributed by atoms with Crippen molar-refractivity contribution >= 4 is 56.2 Å². The van der Waals surface area contributed by atoms with Gasteiger partial charge in [0.05, 0.1) is 11.3 Å². The fraction of sp³-hybridized carbons (Fsp3) is 0. The van der Waals surface area contributed by atoms with Crippen LogP contribution >= 0.6 is 0 Å². The van der Waals surface area contributed by atoms with E-state index in [1.807, 2.05) is 42.5 Å². The molecule has 0 amide bonds. The Morgan fingerprint density at radius 2 is 0.974 bits per heavy atom. The summed E-state index contributed by atoms with van der Waals surface area (Å²) in [4.78, 5) is 28.1. The smallest absolute Gasteiger partial charge is 0.197 e. The molecule has 0 fully saturated rings. The van der Waals surface area contributed by atoms with Crippen LogP contribution in [0, 0.1) is 0 Å². The summed E-state index contributed by atoms with van der Waals surface area (Å²) in [5, 5.41) is 4.66. The molecule has 0 saturated carbocycles. The minimum Gasteiger partial charge on any atom is -0.309 e. The van der Waals surface area contributed by atoms with Crippen LogP contribution in [0.3, 0.4) is 0 Å². The minimum atomic E-state index is -0.215. The number of carbonyl (C=O) groups excluding carboxylic acids is 2. The first-order valence-corrected chi connectivity index (χ1v) is 12.9. The molecule has 0 bridgehead atoms. The number of nitrogens with zero attached hydrogens (tertiary/aromatic N) is 1. The third kappa shape index (κ3) is 3.84. The molecule has 0 aromatic heterocycles. The zero-order chi connectivity index (χ0) is 26.3. The molecular weight excluding hydrogens is 478 g/mol. The molecule has 39 heavy (non-hydrogen) atoms. The van der Waals surface area contributed by atoms with Crippen LogP contribution in [0.1, 0.15) is 26.3 Å². The highest BCUT2D eigenvalue weighted by Crippen LogP contribution is 2.43. The molecule has 1 aliphatic carbocycles. The zero-order valence-electron chi connectivity index (χ0n) is 21.0. The van der Waals surface area contributed by atoms with Crippen LogP contribution in [0.15, 0.2) is 139 Å². The van der Waals surface area contributed by atoms with Gasteiger partial charge in [-0.3, -0.25) is 9.59 Å². The first-order valence-electron chi connectivity index (χ1n) is 12.9. The maximum Gasteiger partial charge on any atom is 0.197 e. The van der Waals surface area contributed by atoms with Crippen LogP contribution in [-0.4, -0.2) is 11.6 Å². The van der Waals surface area contributed by atoms with Gasteiger partial charge >= 0.3 is 0 Å². The number of Topliss-reactive ketones (excluding diaryl/α,β-unsaturated/α-hetero) is 2. The third-order valence-corrected chi connectivity index (χ3v) is 7.35. The SMILES string of the molecule is O=C1C(=Cc2ccc(N(c3ccccc3)c3c4ccccc4cc4ccccc34)cc2)C(=O)c2ccccc21. The third-order valence-electron chi connectivity index (χ3n) is 7.35. The fourth-order valence-electron chi connectivity index (χ4n) is 5.50. The summed E-state index contributed by atoms with van der Waals surface area (Å²) in [5.41, 5.74) is 5.10. The van der Waals surface area contributed by atoms with E-state index in [1.165, 1.54) is 10.8 Å². The lowest BCUT2D eigenvalue weighted by Gasteiger charge is -2.28. The molecule has 0 spiro atoms. The van der Waals surface area contributed by atoms with Crippen LogP contribution in [0.5, 0.6) is 0 Å². The average molecular weight is 502 g/mol. The van der Waals surface area contributed by atoms with Crippen molar-refractivity contribution in [1.29, 1.82) is 0 Å². The predicted molar refractivity (Wildman–Crippen MR) is 159 cm³/mol. The number of ketones is 2. The normalized spacial score (nSPS) is 12.7. The standard InChI is InChI=1S/C36H23NO2/c38-35-31-16-8-9-17-32(31)36(39)33(35)22-24-18-20-28(21-19-24)37(27-12-2-1-3-13-27)34-29-14-6-4-10-25(29)23-26-11-5-7-15-30(26)34/h1-23H. The molecule has 0 N–H and O–H groups in total. The van der Waals surface area contributed by atoms with Crippen LogP contribution in [0.2, 0.25) is 0 Å². The number of anilines is 3. The summed E-state index contributed by atoms with van der Waals surface area (Å²) in [6.07, 6.45) is 1.70. The number of rotatable bonds is 4. The quantitative estimate of drug-likeness (QED) is 0.137. The fourth-order valence-corrected chi connectivity index (χ4v) is 5.50. The summed E-state index contributed by atoms with van der Waals surface area (Å²) in [6, 6.07) is 44.5. The van der Waals surface area contributed by atoms with E-state index in [0.717, 1.165) is 33.4 Å². The summed E-state index contributed by atoms with van der Waals surface area (Å²) >= 11 is 0. The summed E-state index contributed by atoms with van der Waals surface area (Å²) in [5.74, 6) is -0.430. The molecule has 3 nitrogen and oxygen atoms in total. The van der Waals surface area contributed by atoms with Crippen molar-refractivity contribution < 1.29 is 9.59 Å². The van der Waals surface area contributed by atoms with E-state index in [2.05, 4.69) is 71.6 Å². The molecule has 0 aliphatic heterocycles. The Morgan fingerprint density at radius 3 is 1.56 bits per heavy atom. The number of carbonyl (C=O) groups is 2. The van der Waals surface area contributed by atoms with Crippen molar-refractivity contribution in [3.05, 3.63) is 156 Å². The van der Waals surface area contributed by atoms with Crippen molar-refractivity contribution in [2.45, 2.75) is 0 Å². The van der Waals surface area contributed by atoms with E-state index in [1.54, 1.807) is 30.3 Å². The lowest BCUT2D eigenvalue weighted by Crippen LogP contribution is -2.11. The highest BCUT2D eigenvalue weighted by molar-refractivity contribution is 6.41. The number of benzene rings is 6. The van der Waals surface area contributed by atoms with E-state index in [4.69, 9.17) is 0 Å². The Morgan fingerprint density at radius 1 is 0.487 bits per heavy atom. The largest absolute Gasteiger partial charge is 0.309 e. The first kappa shape index (κ1) is 22.9. The number of para-hydroxylation sites is 1. The van der Waals surface area contributed by atoms with Gasteiger partial charge in [-0.15, -0.1) is 0 Å². The van der Waals surface area contributed by atoms with Gasteiger partial charge in [0.15, 0.2) is 11.6 Å². The molecular formula is C36H23NO2. The predicted octanol–water partition coefficient (Wildman–Crippen LogP) is 8.93. The molecule has 1 aliphatic rings. The zero-order valence-corrected chi connectivity index (χ0v) is 21.0. The van der Waals surface area contributed by atoms with Gasteiger partial charge in [0.1, 0.15) is 0 Å². The van der Waals surface area contributed by atoms with Crippen LogP contribution in [-0.2, 0) is 0 Å². The first-order chi connectivity index (χ1) is 19.2. The maximum absolute atomic E-state index is 12.9. The maximum atomic E-state index is 12.9. The summed E-state index contributed by atoms with van der Waals surface area (Å²) in [7, 11) is 0. The molecule has 6 aromatic rings. The average Bonchev–Trinajstić information content (AvgIpc) is 3.23. The van der Waals surface area contributed by atoms with Crippen LogP contribution in [0.4, 0.5) is 17.1 Å². The Labute approximate surface area is 226 Å². The van der Waals surface area contributed by atoms with E-state index in [9.17, 15) is 9.59 Å². The van der Waals surface area contributed by atoms with E-state index >= 15 is 0 Å². The van der Waals surface area contributed by atoms with Gasteiger partial charge in [0.25, 0.3) is 0 Å². The van der Waals surface area contributed by atoms with Crippen LogP contribution in [0.25, 0.3) is 27.6 Å². The minimum absolute atomic E-state index is 0.212. The van der Waals surface area contributed by atoms with E-state index in [-0.39, 0.29) is 17.1 Å². The number of hydrogen-bond donors (Lipinski definition) is 0. The Bertz CT molecular complexity index is 1840. The molecule has 7 rings (SSSR count). The molecule has 184 valence electrons. The summed E-state index contributed by atoms with van der Waals surface area (Å²) in [6.45, 7) is 0. The second-order valence-electron chi connectivity index (χ2n) is 9.69. The Balaban J connectivity index is 1.38. The highest BCUT2D eigenvalue weighted by Gasteiger charge is 2.32. The molecule has 3 heteroatoms. The molecule has 0 atom stereocenters. The van der Waals surface area contributed by atoms with Gasteiger partial charge in [-0.05, 0) is 52.7 Å². The van der Waals surface area contributed by atoms with Crippen LogP contribution < -0.4 is 4.90 Å². The second kappa shape index (κ2) is 9.23. The topological polar surface area (TPSA) is 37.4 Å². The lowest BCUT2D eigenvalue weighted by molar-refractivity contribution is 0.0990. The number of hydrogen-bond acceptors (Lipinski definition) is 3. The molecule has 6 aromatic carbocycles.